The number of rotatable bonds is 1. The van der Waals surface area contributed by atoms with Gasteiger partial charge in [0.25, 0.3) is 0 Å². The molecule has 1 N–H and O–H groups in total. The van der Waals surface area contributed by atoms with E-state index in [-0.39, 0.29) is 11.9 Å². The molecule has 0 aromatic rings. The third-order valence-corrected chi connectivity index (χ3v) is 2.29. The van der Waals surface area contributed by atoms with Crippen LogP contribution in [0.25, 0.3) is 0 Å². The molecule has 0 fully saturated rings. The fourth-order valence-electron chi connectivity index (χ4n) is 1.75. The molecule has 1 aliphatic heterocycles. The number of nitrogens with one attached hydrogen (secondary N) is 1. The van der Waals surface area contributed by atoms with Gasteiger partial charge in [0.15, 0.2) is 0 Å². The summed E-state index contributed by atoms with van der Waals surface area (Å²) >= 11 is 0. The summed E-state index contributed by atoms with van der Waals surface area (Å²) in [5.74, 6) is 0.0147. The fourth-order valence-corrected chi connectivity index (χ4v) is 1.75. The van der Waals surface area contributed by atoms with E-state index in [1.807, 2.05) is 6.08 Å². The number of hydrogen-bond acceptors (Lipinski definition) is 2. The standard InChI is InChI=1S/C10H12N2O/c1-7(13)12-9-4-2-3-8-5-6-11-10(8)9/h3,5-6,9H,2,4H2,1H3,(H,12,13)/t9-/m1/s1. The first-order valence-corrected chi connectivity index (χ1v) is 4.49. The summed E-state index contributed by atoms with van der Waals surface area (Å²) in [6.45, 7) is 1.54. The molecular weight excluding hydrogens is 164 g/mol. The van der Waals surface area contributed by atoms with Crippen LogP contribution >= 0.6 is 0 Å². The van der Waals surface area contributed by atoms with Gasteiger partial charge in [-0.05, 0) is 24.5 Å². The molecule has 1 heterocycles. The van der Waals surface area contributed by atoms with Crippen LogP contribution in [0.5, 0.6) is 0 Å². The van der Waals surface area contributed by atoms with Crippen molar-refractivity contribution in [3.8, 4) is 0 Å². The van der Waals surface area contributed by atoms with E-state index in [0.29, 0.717) is 0 Å². The van der Waals surface area contributed by atoms with Gasteiger partial charge in [-0.25, -0.2) is 0 Å². The molecule has 1 atom stereocenters. The van der Waals surface area contributed by atoms with Crippen LogP contribution in [0.4, 0.5) is 0 Å². The van der Waals surface area contributed by atoms with Crippen LogP contribution in [0.2, 0.25) is 0 Å². The Morgan fingerprint density at radius 1 is 1.69 bits per heavy atom. The lowest BCUT2D eigenvalue weighted by Gasteiger charge is -2.22. The molecule has 2 rings (SSSR count). The number of nitrogens with zero attached hydrogens (tertiary/aromatic N) is 1. The van der Waals surface area contributed by atoms with E-state index in [2.05, 4.69) is 16.4 Å². The van der Waals surface area contributed by atoms with E-state index >= 15 is 0 Å². The van der Waals surface area contributed by atoms with Gasteiger partial charge in [0, 0.05) is 13.1 Å². The monoisotopic (exact) mass is 176 g/mol. The number of fused-ring (bicyclic) bond motifs is 1. The molecule has 3 nitrogen and oxygen atoms in total. The molecule has 68 valence electrons. The molecule has 1 amide bonds. The average Bonchev–Trinajstić information content (AvgIpc) is 2.51. The van der Waals surface area contributed by atoms with Crippen LogP contribution in [0.15, 0.2) is 28.9 Å². The highest BCUT2D eigenvalue weighted by molar-refractivity contribution is 6.09. The Hall–Kier alpha value is -1.38. The molecule has 0 radical (unpaired) electrons. The summed E-state index contributed by atoms with van der Waals surface area (Å²) < 4.78 is 0. The zero-order chi connectivity index (χ0) is 9.26. The molecule has 0 aromatic carbocycles. The van der Waals surface area contributed by atoms with Crippen molar-refractivity contribution in [2.75, 3.05) is 0 Å². The van der Waals surface area contributed by atoms with Crippen LogP contribution < -0.4 is 5.32 Å². The van der Waals surface area contributed by atoms with Crippen LogP contribution in [-0.4, -0.2) is 17.7 Å². The predicted octanol–water partition coefficient (Wildman–Crippen LogP) is 1.18. The molecule has 3 heteroatoms. The maximum Gasteiger partial charge on any atom is 0.217 e. The van der Waals surface area contributed by atoms with Crippen molar-refractivity contribution in [1.82, 2.24) is 5.32 Å². The van der Waals surface area contributed by atoms with E-state index < -0.39 is 0 Å². The van der Waals surface area contributed by atoms with Crippen molar-refractivity contribution in [3.05, 3.63) is 23.9 Å². The first-order chi connectivity index (χ1) is 6.27. The molecule has 0 spiro atoms. The highest BCUT2D eigenvalue weighted by Gasteiger charge is 2.23. The van der Waals surface area contributed by atoms with Gasteiger partial charge in [0.1, 0.15) is 0 Å². The highest BCUT2D eigenvalue weighted by Crippen LogP contribution is 2.21. The summed E-state index contributed by atoms with van der Waals surface area (Å²) in [4.78, 5) is 15.1. The SMILES string of the molecule is CC(=O)N[C@@H]1CCC=C2C=CN=C21. The largest absolute Gasteiger partial charge is 0.348 e. The van der Waals surface area contributed by atoms with Crippen molar-refractivity contribution >= 4 is 11.6 Å². The van der Waals surface area contributed by atoms with Crippen LogP contribution in [-0.2, 0) is 4.79 Å². The second kappa shape index (κ2) is 3.17. The normalized spacial score (nSPS) is 24.8. The second-order valence-corrected chi connectivity index (χ2v) is 3.32. The van der Waals surface area contributed by atoms with Crippen molar-refractivity contribution in [2.24, 2.45) is 4.99 Å². The first kappa shape index (κ1) is 8.23. The zero-order valence-electron chi connectivity index (χ0n) is 7.58. The van der Waals surface area contributed by atoms with Gasteiger partial charge < -0.3 is 5.32 Å². The van der Waals surface area contributed by atoms with Crippen LogP contribution in [0.3, 0.4) is 0 Å². The smallest absolute Gasteiger partial charge is 0.217 e. The predicted molar refractivity (Wildman–Crippen MR) is 51.5 cm³/mol. The van der Waals surface area contributed by atoms with Gasteiger partial charge >= 0.3 is 0 Å². The van der Waals surface area contributed by atoms with Gasteiger partial charge in [-0.1, -0.05) is 6.08 Å². The lowest BCUT2D eigenvalue weighted by molar-refractivity contribution is -0.119. The summed E-state index contributed by atoms with van der Waals surface area (Å²) in [6, 6.07) is 0.118. The Labute approximate surface area is 77.2 Å². The number of hydrogen-bond donors (Lipinski definition) is 1. The maximum absolute atomic E-state index is 10.9. The number of carbonyl (C=O) groups is 1. The minimum absolute atomic E-state index is 0.0147. The Kier molecular flexibility index (Phi) is 2.00. The topological polar surface area (TPSA) is 41.5 Å². The maximum atomic E-state index is 10.9. The number of carbonyl (C=O) groups excluding carboxylic acids is 1. The molecule has 0 unspecified atom stereocenters. The first-order valence-electron chi connectivity index (χ1n) is 4.49. The van der Waals surface area contributed by atoms with Crippen molar-refractivity contribution in [1.29, 1.82) is 0 Å². The molecule has 13 heavy (non-hydrogen) atoms. The average molecular weight is 176 g/mol. The number of amides is 1. The summed E-state index contributed by atoms with van der Waals surface area (Å²) in [7, 11) is 0. The Morgan fingerprint density at radius 3 is 3.31 bits per heavy atom. The number of allylic oxidation sites excluding steroid dienone is 2. The quantitative estimate of drug-likeness (QED) is 0.640. The molecule has 0 saturated carbocycles. The van der Waals surface area contributed by atoms with Crippen LogP contribution in [0.1, 0.15) is 19.8 Å². The Morgan fingerprint density at radius 2 is 2.54 bits per heavy atom. The summed E-state index contributed by atoms with van der Waals surface area (Å²) in [5, 5.41) is 2.90. The molecule has 1 aliphatic carbocycles. The summed E-state index contributed by atoms with van der Waals surface area (Å²) in [6.07, 6.45) is 7.93. The van der Waals surface area contributed by atoms with Gasteiger partial charge in [0.2, 0.25) is 5.91 Å². The van der Waals surface area contributed by atoms with E-state index in [9.17, 15) is 4.79 Å². The van der Waals surface area contributed by atoms with Crippen molar-refractivity contribution in [3.63, 3.8) is 0 Å². The van der Waals surface area contributed by atoms with E-state index in [4.69, 9.17) is 0 Å². The molecular formula is C10H12N2O. The zero-order valence-corrected chi connectivity index (χ0v) is 7.58. The second-order valence-electron chi connectivity index (χ2n) is 3.32. The number of aliphatic imine (C=N–C) groups is 1. The third kappa shape index (κ3) is 1.54. The Bertz CT molecular complexity index is 326. The minimum Gasteiger partial charge on any atom is -0.348 e. The fraction of sp³-hybridized carbons (Fsp3) is 0.400. The lowest BCUT2D eigenvalue weighted by atomic mass is 9.93. The van der Waals surface area contributed by atoms with Gasteiger partial charge in [-0.2, -0.15) is 0 Å². The van der Waals surface area contributed by atoms with E-state index in [1.165, 1.54) is 5.57 Å². The molecule has 0 bridgehead atoms. The van der Waals surface area contributed by atoms with Crippen molar-refractivity contribution < 1.29 is 4.79 Å². The lowest BCUT2D eigenvalue weighted by Crippen LogP contribution is -2.40. The summed E-state index contributed by atoms with van der Waals surface area (Å²) in [5.41, 5.74) is 2.19. The van der Waals surface area contributed by atoms with Gasteiger partial charge in [-0.15, -0.1) is 0 Å². The van der Waals surface area contributed by atoms with Crippen LogP contribution in [0, 0.1) is 0 Å². The third-order valence-electron chi connectivity index (χ3n) is 2.29. The van der Waals surface area contributed by atoms with E-state index in [0.717, 1.165) is 18.6 Å². The van der Waals surface area contributed by atoms with Gasteiger partial charge in [-0.3, -0.25) is 9.79 Å². The molecule has 2 aliphatic rings. The minimum atomic E-state index is 0.0147. The molecule has 0 saturated heterocycles. The van der Waals surface area contributed by atoms with Gasteiger partial charge in [0.05, 0.1) is 11.8 Å². The molecule has 0 aromatic heterocycles. The Balaban J connectivity index is 2.16. The highest BCUT2D eigenvalue weighted by atomic mass is 16.1. The van der Waals surface area contributed by atoms with E-state index in [1.54, 1.807) is 13.1 Å². The van der Waals surface area contributed by atoms with Crippen molar-refractivity contribution in [2.45, 2.75) is 25.8 Å².